The number of aliphatic hydroxyl groups is 1. The molecular weight excluding hydrogens is 222 g/mol. The molecule has 0 bridgehead atoms. The Labute approximate surface area is 110 Å². The highest BCUT2D eigenvalue weighted by molar-refractivity contribution is 5.23. The second kappa shape index (κ2) is 5.85. The molecule has 0 unspecified atom stereocenters. The number of hydrogen-bond acceptors (Lipinski definition) is 2. The van der Waals surface area contributed by atoms with Crippen molar-refractivity contribution >= 4 is 0 Å². The van der Waals surface area contributed by atoms with Crippen molar-refractivity contribution in [2.45, 2.75) is 57.1 Å². The molecule has 1 fully saturated rings. The maximum atomic E-state index is 9.51. The van der Waals surface area contributed by atoms with E-state index in [9.17, 15) is 5.11 Å². The van der Waals surface area contributed by atoms with Crippen LogP contribution in [0.15, 0.2) is 30.3 Å². The van der Waals surface area contributed by atoms with Gasteiger partial charge in [0.25, 0.3) is 0 Å². The van der Waals surface area contributed by atoms with Gasteiger partial charge in [-0.3, -0.25) is 0 Å². The molecule has 1 aromatic rings. The number of aliphatic hydroxyl groups excluding tert-OH is 1. The van der Waals surface area contributed by atoms with Gasteiger partial charge < -0.3 is 10.4 Å². The van der Waals surface area contributed by atoms with Gasteiger partial charge in [0.2, 0.25) is 0 Å². The van der Waals surface area contributed by atoms with Crippen molar-refractivity contribution in [3.05, 3.63) is 35.9 Å². The van der Waals surface area contributed by atoms with Crippen LogP contribution in [0.2, 0.25) is 0 Å². The van der Waals surface area contributed by atoms with Crippen LogP contribution in [-0.2, 0) is 5.41 Å². The van der Waals surface area contributed by atoms with Gasteiger partial charge in [0.15, 0.2) is 0 Å². The quantitative estimate of drug-likeness (QED) is 0.857. The van der Waals surface area contributed by atoms with Crippen LogP contribution < -0.4 is 5.32 Å². The number of nitrogens with one attached hydrogen (secondary N) is 1. The molecule has 18 heavy (non-hydrogen) atoms. The van der Waals surface area contributed by atoms with E-state index in [0.717, 1.165) is 32.2 Å². The number of benzene rings is 1. The predicted molar refractivity (Wildman–Crippen MR) is 75.7 cm³/mol. The molecule has 1 aromatic carbocycles. The zero-order chi connectivity index (χ0) is 13.0. The number of rotatable bonds is 4. The van der Waals surface area contributed by atoms with Crippen molar-refractivity contribution in [1.82, 2.24) is 5.32 Å². The Hall–Kier alpha value is -0.860. The Morgan fingerprint density at radius 3 is 2.33 bits per heavy atom. The number of hydrogen-bond donors (Lipinski definition) is 2. The SMILES string of the molecule is CC(C)(CNC1CCC(O)CC1)c1ccccc1. The molecule has 2 N–H and O–H groups in total. The molecule has 0 amide bonds. The molecule has 1 aliphatic carbocycles. The van der Waals surface area contributed by atoms with Gasteiger partial charge in [-0.2, -0.15) is 0 Å². The molecular formula is C16H25NO. The first-order valence-electron chi connectivity index (χ1n) is 7.05. The predicted octanol–water partition coefficient (Wildman–Crippen LogP) is 2.86. The van der Waals surface area contributed by atoms with E-state index in [2.05, 4.69) is 49.5 Å². The zero-order valence-electron chi connectivity index (χ0n) is 11.5. The van der Waals surface area contributed by atoms with Crippen LogP contribution in [0.5, 0.6) is 0 Å². The molecule has 2 nitrogen and oxygen atoms in total. The first-order chi connectivity index (χ1) is 8.58. The van der Waals surface area contributed by atoms with Gasteiger partial charge in [-0.15, -0.1) is 0 Å². The molecule has 0 atom stereocenters. The standard InChI is InChI=1S/C16H25NO/c1-16(2,13-6-4-3-5-7-13)12-17-14-8-10-15(18)11-9-14/h3-7,14-15,17-18H,8-12H2,1-2H3. The largest absolute Gasteiger partial charge is 0.393 e. The first kappa shape index (κ1) is 13.6. The second-order valence-electron chi connectivity index (χ2n) is 6.14. The average molecular weight is 247 g/mol. The van der Waals surface area contributed by atoms with E-state index < -0.39 is 0 Å². The molecule has 0 saturated heterocycles. The third-order valence-corrected chi connectivity index (χ3v) is 4.08. The van der Waals surface area contributed by atoms with Crippen molar-refractivity contribution in [3.8, 4) is 0 Å². The monoisotopic (exact) mass is 247 g/mol. The van der Waals surface area contributed by atoms with Crippen LogP contribution in [-0.4, -0.2) is 23.8 Å². The van der Waals surface area contributed by atoms with Crippen LogP contribution in [0, 0.1) is 0 Å². The molecule has 1 saturated carbocycles. The van der Waals surface area contributed by atoms with E-state index in [4.69, 9.17) is 0 Å². The van der Waals surface area contributed by atoms with Crippen LogP contribution in [0.4, 0.5) is 0 Å². The van der Waals surface area contributed by atoms with Crippen molar-refractivity contribution < 1.29 is 5.11 Å². The lowest BCUT2D eigenvalue weighted by Gasteiger charge is -2.31. The highest BCUT2D eigenvalue weighted by Crippen LogP contribution is 2.24. The van der Waals surface area contributed by atoms with Gasteiger partial charge in [-0.1, -0.05) is 44.2 Å². The molecule has 2 rings (SSSR count). The van der Waals surface area contributed by atoms with Gasteiger partial charge in [0, 0.05) is 18.0 Å². The maximum Gasteiger partial charge on any atom is 0.0541 e. The molecule has 100 valence electrons. The van der Waals surface area contributed by atoms with E-state index in [1.165, 1.54) is 5.56 Å². The summed E-state index contributed by atoms with van der Waals surface area (Å²) in [5.74, 6) is 0. The molecule has 0 radical (unpaired) electrons. The van der Waals surface area contributed by atoms with E-state index in [0.29, 0.717) is 6.04 Å². The van der Waals surface area contributed by atoms with Crippen LogP contribution >= 0.6 is 0 Å². The summed E-state index contributed by atoms with van der Waals surface area (Å²) in [5, 5.41) is 13.2. The Bertz CT molecular complexity index is 353. The van der Waals surface area contributed by atoms with Crippen molar-refractivity contribution in [2.24, 2.45) is 0 Å². The Morgan fingerprint density at radius 2 is 1.72 bits per heavy atom. The summed E-state index contributed by atoms with van der Waals surface area (Å²) in [5.41, 5.74) is 1.55. The highest BCUT2D eigenvalue weighted by Gasteiger charge is 2.24. The third kappa shape index (κ3) is 3.56. The lowest BCUT2D eigenvalue weighted by atomic mass is 9.83. The van der Waals surface area contributed by atoms with Crippen molar-refractivity contribution in [2.75, 3.05) is 6.54 Å². The third-order valence-electron chi connectivity index (χ3n) is 4.08. The van der Waals surface area contributed by atoms with Gasteiger partial charge in [0.1, 0.15) is 0 Å². The maximum absolute atomic E-state index is 9.51. The second-order valence-corrected chi connectivity index (χ2v) is 6.14. The van der Waals surface area contributed by atoms with Crippen molar-refractivity contribution in [1.29, 1.82) is 0 Å². The summed E-state index contributed by atoms with van der Waals surface area (Å²) in [6.07, 6.45) is 4.04. The fourth-order valence-corrected chi connectivity index (χ4v) is 2.67. The van der Waals surface area contributed by atoms with E-state index in [-0.39, 0.29) is 11.5 Å². The normalized spacial score (nSPS) is 25.1. The minimum atomic E-state index is -0.0646. The lowest BCUT2D eigenvalue weighted by molar-refractivity contribution is 0.115. The average Bonchev–Trinajstić information content (AvgIpc) is 2.39. The van der Waals surface area contributed by atoms with Crippen LogP contribution in [0.25, 0.3) is 0 Å². The minimum Gasteiger partial charge on any atom is -0.393 e. The fraction of sp³-hybridized carbons (Fsp3) is 0.625. The Morgan fingerprint density at radius 1 is 1.11 bits per heavy atom. The fourth-order valence-electron chi connectivity index (χ4n) is 2.67. The minimum absolute atomic E-state index is 0.0646. The van der Waals surface area contributed by atoms with E-state index in [1.807, 2.05) is 0 Å². The van der Waals surface area contributed by atoms with Gasteiger partial charge >= 0.3 is 0 Å². The summed E-state index contributed by atoms with van der Waals surface area (Å²) in [7, 11) is 0. The summed E-state index contributed by atoms with van der Waals surface area (Å²) >= 11 is 0. The summed E-state index contributed by atoms with van der Waals surface area (Å²) < 4.78 is 0. The summed E-state index contributed by atoms with van der Waals surface area (Å²) in [4.78, 5) is 0. The van der Waals surface area contributed by atoms with Crippen LogP contribution in [0.3, 0.4) is 0 Å². The highest BCUT2D eigenvalue weighted by atomic mass is 16.3. The first-order valence-corrected chi connectivity index (χ1v) is 7.05. The lowest BCUT2D eigenvalue weighted by Crippen LogP contribution is -2.41. The molecule has 0 aliphatic heterocycles. The molecule has 2 heteroatoms. The summed E-state index contributed by atoms with van der Waals surface area (Å²) in [6, 6.07) is 11.3. The molecule has 1 aliphatic rings. The van der Waals surface area contributed by atoms with E-state index in [1.54, 1.807) is 0 Å². The van der Waals surface area contributed by atoms with Gasteiger partial charge in [-0.25, -0.2) is 0 Å². The molecule has 0 spiro atoms. The molecule has 0 heterocycles. The van der Waals surface area contributed by atoms with Crippen LogP contribution in [0.1, 0.15) is 45.1 Å². The van der Waals surface area contributed by atoms with Gasteiger partial charge in [0.05, 0.1) is 6.10 Å². The molecule has 0 aromatic heterocycles. The zero-order valence-corrected chi connectivity index (χ0v) is 11.5. The van der Waals surface area contributed by atoms with E-state index >= 15 is 0 Å². The van der Waals surface area contributed by atoms with Crippen molar-refractivity contribution in [3.63, 3.8) is 0 Å². The topological polar surface area (TPSA) is 32.3 Å². The van der Waals surface area contributed by atoms with Gasteiger partial charge in [-0.05, 0) is 31.2 Å². The Balaban J connectivity index is 1.86. The Kier molecular flexibility index (Phi) is 4.41. The summed E-state index contributed by atoms with van der Waals surface area (Å²) in [6.45, 7) is 5.57. The smallest absolute Gasteiger partial charge is 0.0541 e.